The normalized spacial score (nSPS) is 15.5. The van der Waals surface area contributed by atoms with Crippen LogP contribution in [0.2, 0.25) is 0 Å². The largest absolute Gasteiger partial charge is 0.355 e. The number of pyridine rings is 1. The van der Waals surface area contributed by atoms with Crippen molar-refractivity contribution in [3.05, 3.63) is 48.8 Å². The number of nitrogens with one attached hydrogen (secondary N) is 1. The van der Waals surface area contributed by atoms with E-state index in [-0.39, 0.29) is 0 Å². The van der Waals surface area contributed by atoms with Gasteiger partial charge in [-0.25, -0.2) is 15.0 Å². The third-order valence-electron chi connectivity index (χ3n) is 4.81. The molecular weight excluding hydrogens is 326 g/mol. The molecule has 1 N–H and O–H groups in total. The van der Waals surface area contributed by atoms with Crippen LogP contribution in [0.3, 0.4) is 0 Å². The summed E-state index contributed by atoms with van der Waals surface area (Å²) in [5.41, 5.74) is 3.62. The van der Waals surface area contributed by atoms with E-state index in [1.807, 2.05) is 30.3 Å². The van der Waals surface area contributed by atoms with E-state index in [9.17, 15) is 0 Å². The van der Waals surface area contributed by atoms with Crippen molar-refractivity contribution in [2.45, 2.75) is 6.42 Å². The van der Waals surface area contributed by atoms with Gasteiger partial charge in [0.25, 0.3) is 0 Å². The molecule has 0 unspecified atom stereocenters. The number of hydrogen-bond donors (Lipinski definition) is 1. The number of para-hydroxylation sites is 2. The predicted octanol–water partition coefficient (Wildman–Crippen LogP) is 2.62. The molecule has 0 radical (unpaired) electrons. The molecule has 1 aliphatic rings. The van der Waals surface area contributed by atoms with Crippen LogP contribution in [0, 0.1) is 0 Å². The zero-order chi connectivity index (χ0) is 17.3. The Morgan fingerprint density at radius 1 is 0.769 bits per heavy atom. The van der Waals surface area contributed by atoms with Crippen LogP contribution in [0.1, 0.15) is 6.42 Å². The molecule has 1 aliphatic heterocycles. The average molecular weight is 345 g/mol. The summed E-state index contributed by atoms with van der Waals surface area (Å²) in [4.78, 5) is 26.1. The molecule has 7 nitrogen and oxygen atoms in total. The van der Waals surface area contributed by atoms with Crippen molar-refractivity contribution in [1.82, 2.24) is 24.9 Å². The summed E-state index contributed by atoms with van der Waals surface area (Å²) in [5.74, 6) is 1.91. The number of H-pyrrole nitrogens is 1. The Labute approximate surface area is 150 Å². The summed E-state index contributed by atoms with van der Waals surface area (Å²) < 4.78 is 0. The topological polar surface area (TPSA) is 73.8 Å². The first-order valence-electron chi connectivity index (χ1n) is 8.89. The first-order chi connectivity index (χ1) is 12.9. The van der Waals surface area contributed by atoms with Crippen molar-refractivity contribution in [2.24, 2.45) is 0 Å². The van der Waals surface area contributed by atoms with Gasteiger partial charge in [-0.3, -0.25) is 4.98 Å². The molecule has 1 fully saturated rings. The quantitative estimate of drug-likeness (QED) is 0.602. The summed E-state index contributed by atoms with van der Waals surface area (Å²) in [6.07, 6.45) is 4.43. The van der Waals surface area contributed by atoms with Crippen molar-refractivity contribution in [3.63, 3.8) is 0 Å². The summed E-state index contributed by atoms with van der Waals surface area (Å²) in [6, 6.07) is 12.2. The first kappa shape index (κ1) is 15.1. The highest BCUT2D eigenvalue weighted by Gasteiger charge is 2.19. The van der Waals surface area contributed by atoms with Crippen LogP contribution < -0.4 is 9.80 Å². The van der Waals surface area contributed by atoms with Gasteiger partial charge in [0.2, 0.25) is 5.95 Å². The van der Waals surface area contributed by atoms with Crippen molar-refractivity contribution in [3.8, 4) is 0 Å². The Bertz CT molecular complexity index is 1020. The fourth-order valence-electron chi connectivity index (χ4n) is 3.47. The summed E-state index contributed by atoms with van der Waals surface area (Å²) >= 11 is 0. The molecule has 3 aromatic heterocycles. The molecule has 7 heteroatoms. The number of nitrogens with zero attached hydrogens (tertiary/aromatic N) is 6. The Kier molecular flexibility index (Phi) is 3.62. The standard InChI is InChI=1S/C19H19N7/c1-2-5-15-14(4-1)22-19(23-15)26-11-3-10-25(12-13-26)17-7-6-16-18(24-17)21-9-8-20-16/h1-2,4-9H,3,10-13H2,(H,22,23). The van der Waals surface area contributed by atoms with Gasteiger partial charge in [0.1, 0.15) is 11.3 Å². The second kappa shape index (κ2) is 6.25. The third kappa shape index (κ3) is 2.71. The highest BCUT2D eigenvalue weighted by atomic mass is 15.3. The van der Waals surface area contributed by atoms with Gasteiger partial charge < -0.3 is 14.8 Å². The van der Waals surface area contributed by atoms with E-state index in [4.69, 9.17) is 4.98 Å². The van der Waals surface area contributed by atoms with Crippen LogP contribution in [0.4, 0.5) is 11.8 Å². The molecule has 130 valence electrons. The summed E-state index contributed by atoms with van der Waals surface area (Å²) in [5, 5.41) is 0. The second-order valence-corrected chi connectivity index (χ2v) is 6.47. The third-order valence-corrected chi connectivity index (χ3v) is 4.81. The van der Waals surface area contributed by atoms with Gasteiger partial charge in [-0.15, -0.1) is 0 Å². The molecule has 0 saturated carbocycles. The van der Waals surface area contributed by atoms with Gasteiger partial charge in [-0.05, 0) is 30.7 Å². The maximum Gasteiger partial charge on any atom is 0.203 e. The molecule has 5 rings (SSSR count). The lowest BCUT2D eigenvalue weighted by atomic mass is 10.3. The van der Waals surface area contributed by atoms with Crippen LogP contribution in [0.5, 0.6) is 0 Å². The van der Waals surface area contributed by atoms with Gasteiger partial charge in [0, 0.05) is 38.6 Å². The first-order valence-corrected chi connectivity index (χ1v) is 8.89. The molecule has 0 aliphatic carbocycles. The highest BCUT2D eigenvalue weighted by Crippen LogP contribution is 2.21. The van der Waals surface area contributed by atoms with Gasteiger partial charge in [-0.1, -0.05) is 12.1 Å². The minimum atomic E-state index is 0.698. The monoisotopic (exact) mass is 345 g/mol. The minimum absolute atomic E-state index is 0.698. The Balaban J connectivity index is 1.37. The van der Waals surface area contributed by atoms with E-state index in [0.717, 1.165) is 60.9 Å². The molecule has 1 aromatic carbocycles. The molecule has 4 aromatic rings. The van der Waals surface area contributed by atoms with E-state index in [0.29, 0.717) is 5.65 Å². The van der Waals surface area contributed by atoms with Crippen molar-refractivity contribution in [1.29, 1.82) is 0 Å². The van der Waals surface area contributed by atoms with Crippen molar-refractivity contribution in [2.75, 3.05) is 36.0 Å². The van der Waals surface area contributed by atoms with Gasteiger partial charge in [-0.2, -0.15) is 0 Å². The summed E-state index contributed by atoms with van der Waals surface area (Å²) in [6.45, 7) is 3.75. The number of anilines is 2. The molecule has 1 saturated heterocycles. The number of benzene rings is 1. The smallest absolute Gasteiger partial charge is 0.203 e. The lowest BCUT2D eigenvalue weighted by Gasteiger charge is -2.22. The zero-order valence-electron chi connectivity index (χ0n) is 14.3. The fraction of sp³-hybridized carbons (Fsp3) is 0.263. The maximum atomic E-state index is 4.73. The van der Waals surface area contributed by atoms with E-state index in [1.165, 1.54) is 0 Å². The molecule has 0 atom stereocenters. The van der Waals surface area contributed by atoms with E-state index < -0.39 is 0 Å². The maximum absolute atomic E-state index is 4.73. The van der Waals surface area contributed by atoms with Crippen LogP contribution in [0.15, 0.2) is 48.8 Å². The second-order valence-electron chi connectivity index (χ2n) is 6.47. The number of aromatic nitrogens is 5. The van der Waals surface area contributed by atoms with Gasteiger partial charge >= 0.3 is 0 Å². The number of fused-ring (bicyclic) bond motifs is 2. The average Bonchev–Trinajstić information content (AvgIpc) is 2.97. The molecular formula is C19H19N7. The SMILES string of the molecule is c1ccc2[nH]c(N3CCCN(c4ccc5nccnc5n4)CC3)nc2c1. The molecule has 0 bridgehead atoms. The van der Waals surface area contributed by atoms with Crippen molar-refractivity contribution >= 4 is 34.0 Å². The Morgan fingerprint density at radius 2 is 1.62 bits per heavy atom. The van der Waals surface area contributed by atoms with Crippen LogP contribution in [0.25, 0.3) is 22.2 Å². The van der Waals surface area contributed by atoms with Crippen LogP contribution >= 0.6 is 0 Å². The van der Waals surface area contributed by atoms with Crippen molar-refractivity contribution < 1.29 is 0 Å². The lowest BCUT2D eigenvalue weighted by Crippen LogP contribution is -2.31. The van der Waals surface area contributed by atoms with E-state index in [1.54, 1.807) is 12.4 Å². The molecule has 4 heterocycles. The number of hydrogen-bond acceptors (Lipinski definition) is 6. The van der Waals surface area contributed by atoms with Crippen LogP contribution in [-0.2, 0) is 0 Å². The van der Waals surface area contributed by atoms with Gasteiger partial charge in [0.15, 0.2) is 5.65 Å². The summed E-state index contributed by atoms with van der Waals surface area (Å²) in [7, 11) is 0. The van der Waals surface area contributed by atoms with Gasteiger partial charge in [0.05, 0.1) is 11.0 Å². The van der Waals surface area contributed by atoms with E-state index >= 15 is 0 Å². The Hall–Kier alpha value is -3.22. The zero-order valence-corrected chi connectivity index (χ0v) is 14.3. The molecule has 0 spiro atoms. The number of rotatable bonds is 2. The number of aromatic amines is 1. The highest BCUT2D eigenvalue weighted by molar-refractivity contribution is 5.77. The van der Waals surface area contributed by atoms with E-state index in [2.05, 4.69) is 35.8 Å². The lowest BCUT2D eigenvalue weighted by molar-refractivity contribution is 0.789. The van der Waals surface area contributed by atoms with Crippen LogP contribution in [-0.4, -0.2) is 51.1 Å². The minimum Gasteiger partial charge on any atom is -0.355 e. The number of imidazole rings is 1. The molecule has 26 heavy (non-hydrogen) atoms. The molecule has 0 amide bonds. The fourth-order valence-corrected chi connectivity index (χ4v) is 3.47. The Morgan fingerprint density at radius 3 is 2.58 bits per heavy atom. The predicted molar refractivity (Wildman–Crippen MR) is 102 cm³/mol.